The third kappa shape index (κ3) is 2.72. The van der Waals surface area contributed by atoms with E-state index >= 15 is 0 Å². The number of aromatic nitrogens is 2. The second-order valence-electron chi connectivity index (χ2n) is 5.17. The van der Waals surface area contributed by atoms with Crippen LogP contribution < -0.4 is 5.73 Å². The summed E-state index contributed by atoms with van der Waals surface area (Å²) in [5, 5.41) is 4.65. The molecular weight excluding hydrogens is 326 g/mol. The molecule has 0 fully saturated rings. The maximum Gasteiger partial charge on any atom is 0.116 e. The van der Waals surface area contributed by atoms with Crippen molar-refractivity contribution in [3.63, 3.8) is 0 Å². The van der Waals surface area contributed by atoms with Crippen molar-refractivity contribution in [1.29, 1.82) is 0 Å². The highest BCUT2D eigenvalue weighted by atomic mass is 79.9. The van der Waals surface area contributed by atoms with Crippen molar-refractivity contribution < 1.29 is 0 Å². The lowest BCUT2D eigenvalue weighted by molar-refractivity contribution is 0.876. The molecule has 3 nitrogen and oxygen atoms in total. The average molecular weight is 342 g/mol. The largest absolute Gasteiger partial charge is 0.396 e. The van der Waals surface area contributed by atoms with Gasteiger partial charge < -0.3 is 5.73 Å². The molecule has 0 aliphatic rings. The van der Waals surface area contributed by atoms with E-state index in [-0.39, 0.29) is 0 Å². The van der Waals surface area contributed by atoms with Crippen LogP contribution in [-0.2, 0) is 0 Å². The van der Waals surface area contributed by atoms with E-state index in [2.05, 4.69) is 53.1 Å². The Bertz CT molecular complexity index is 788. The van der Waals surface area contributed by atoms with Gasteiger partial charge in [0.05, 0.1) is 17.6 Å². The zero-order valence-electron chi connectivity index (χ0n) is 12.0. The highest BCUT2D eigenvalue weighted by Crippen LogP contribution is 2.27. The van der Waals surface area contributed by atoms with Gasteiger partial charge >= 0.3 is 0 Å². The molecule has 2 N–H and O–H groups in total. The summed E-state index contributed by atoms with van der Waals surface area (Å²) in [5.74, 6) is 0. The molecule has 3 rings (SSSR count). The predicted octanol–water partition coefficient (Wildman–Crippen LogP) is 4.50. The number of nitrogens with zero attached hydrogens (tertiary/aromatic N) is 2. The fourth-order valence-electron chi connectivity index (χ4n) is 2.41. The summed E-state index contributed by atoms with van der Waals surface area (Å²) in [4.78, 5) is 0. The summed E-state index contributed by atoms with van der Waals surface area (Å²) in [6.45, 7) is 4.17. The van der Waals surface area contributed by atoms with Crippen molar-refractivity contribution >= 4 is 21.6 Å². The fraction of sp³-hybridized carbons (Fsp3) is 0.118. The minimum absolute atomic E-state index is 0.678. The molecule has 0 aliphatic heterocycles. The first-order chi connectivity index (χ1) is 10.0. The molecule has 0 amide bonds. The number of rotatable bonds is 2. The number of nitrogen functional groups attached to an aromatic ring is 1. The van der Waals surface area contributed by atoms with Gasteiger partial charge in [0.2, 0.25) is 0 Å². The highest BCUT2D eigenvalue weighted by molar-refractivity contribution is 9.10. The maximum atomic E-state index is 6.13. The molecule has 0 saturated carbocycles. The Kier molecular flexibility index (Phi) is 3.55. The number of nitrogens with two attached hydrogens (primary N) is 1. The predicted molar refractivity (Wildman–Crippen MR) is 90.6 cm³/mol. The highest BCUT2D eigenvalue weighted by Gasteiger charge is 2.11. The van der Waals surface area contributed by atoms with Crippen molar-refractivity contribution in [3.05, 3.63) is 64.3 Å². The quantitative estimate of drug-likeness (QED) is 0.745. The Morgan fingerprint density at radius 2 is 1.76 bits per heavy atom. The van der Waals surface area contributed by atoms with Gasteiger partial charge in [-0.15, -0.1) is 0 Å². The molecule has 0 aliphatic carbocycles. The molecule has 2 aromatic carbocycles. The molecular formula is C17H16BrN3. The fourth-order valence-corrected chi connectivity index (χ4v) is 2.67. The molecule has 0 saturated heterocycles. The Morgan fingerprint density at radius 1 is 1.05 bits per heavy atom. The van der Waals surface area contributed by atoms with E-state index in [9.17, 15) is 0 Å². The van der Waals surface area contributed by atoms with Crippen LogP contribution in [0, 0.1) is 13.8 Å². The molecule has 0 spiro atoms. The number of hydrogen-bond donors (Lipinski definition) is 1. The number of halogens is 1. The monoisotopic (exact) mass is 341 g/mol. The van der Waals surface area contributed by atoms with Crippen LogP contribution in [0.3, 0.4) is 0 Å². The molecule has 4 heteroatoms. The van der Waals surface area contributed by atoms with Crippen LogP contribution >= 0.6 is 15.9 Å². The van der Waals surface area contributed by atoms with E-state index in [4.69, 9.17) is 5.73 Å². The number of hydrogen-bond acceptors (Lipinski definition) is 2. The summed E-state index contributed by atoms with van der Waals surface area (Å²) < 4.78 is 2.89. The topological polar surface area (TPSA) is 43.8 Å². The van der Waals surface area contributed by atoms with Crippen molar-refractivity contribution in [2.24, 2.45) is 0 Å². The molecule has 106 valence electrons. The lowest BCUT2D eigenvalue weighted by Gasteiger charge is -2.06. The molecule has 3 aromatic rings. The Hall–Kier alpha value is -2.07. The normalized spacial score (nSPS) is 10.8. The lowest BCUT2D eigenvalue weighted by Crippen LogP contribution is -1.98. The second-order valence-corrected chi connectivity index (χ2v) is 6.09. The first-order valence-electron chi connectivity index (χ1n) is 6.73. The summed E-state index contributed by atoms with van der Waals surface area (Å²) >= 11 is 3.44. The van der Waals surface area contributed by atoms with Gasteiger partial charge in [-0.2, -0.15) is 5.10 Å². The molecule has 21 heavy (non-hydrogen) atoms. The van der Waals surface area contributed by atoms with Gasteiger partial charge in [-0.1, -0.05) is 45.8 Å². The van der Waals surface area contributed by atoms with Crippen LogP contribution in [0.1, 0.15) is 11.1 Å². The molecule has 1 heterocycles. The van der Waals surface area contributed by atoms with Crippen LogP contribution in [0.4, 0.5) is 5.69 Å². The van der Waals surface area contributed by atoms with Gasteiger partial charge in [-0.3, -0.25) is 0 Å². The van der Waals surface area contributed by atoms with Crippen molar-refractivity contribution in [3.8, 4) is 16.9 Å². The summed E-state index contributed by atoms with van der Waals surface area (Å²) in [5.41, 5.74) is 12.1. The van der Waals surface area contributed by atoms with Gasteiger partial charge in [0.25, 0.3) is 0 Å². The first-order valence-corrected chi connectivity index (χ1v) is 7.52. The third-order valence-electron chi connectivity index (χ3n) is 3.46. The van der Waals surface area contributed by atoms with E-state index in [0.29, 0.717) is 5.69 Å². The smallest absolute Gasteiger partial charge is 0.116 e. The van der Waals surface area contributed by atoms with Crippen LogP contribution in [0.2, 0.25) is 0 Å². The third-order valence-corrected chi connectivity index (χ3v) is 3.99. The summed E-state index contributed by atoms with van der Waals surface area (Å²) in [7, 11) is 0. The zero-order chi connectivity index (χ0) is 15.0. The summed E-state index contributed by atoms with van der Waals surface area (Å²) in [6, 6.07) is 14.3. The minimum atomic E-state index is 0.678. The molecule has 1 aromatic heterocycles. The standard InChI is InChI=1S/C17H16BrN3/c1-11-3-8-16(12(2)9-11)21-10-15(19)17(20-21)13-4-6-14(18)7-5-13/h3-10H,19H2,1-2H3. The van der Waals surface area contributed by atoms with Crippen LogP contribution in [-0.4, -0.2) is 9.78 Å². The van der Waals surface area contributed by atoms with E-state index in [1.54, 1.807) is 0 Å². The van der Waals surface area contributed by atoms with E-state index in [0.717, 1.165) is 21.4 Å². The Balaban J connectivity index is 2.07. The van der Waals surface area contributed by atoms with Gasteiger partial charge in [-0.25, -0.2) is 4.68 Å². The van der Waals surface area contributed by atoms with Crippen LogP contribution in [0.5, 0.6) is 0 Å². The lowest BCUT2D eigenvalue weighted by atomic mass is 10.1. The van der Waals surface area contributed by atoms with E-state index in [1.165, 1.54) is 11.1 Å². The van der Waals surface area contributed by atoms with Gasteiger partial charge in [0, 0.05) is 10.0 Å². The van der Waals surface area contributed by atoms with Crippen LogP contribution in [0.25, 0.3) is 16.9 Å². The van der Waals surface area contributed by atoms with Crippen molar-refractivity contribution in [2.45, 2.75) is 13.8 Å². The van der Waals surface area contributed by atoms with E-state index in [1.807, 2.05) is 35.1 Å². The average Bonchev–Trinajstić information content (AvgIpc) is 2.81. The van der Waals surface area contributed by atoms with Crippen molar-refractivity contribution in [2.75, 3.05) is 5.73 Å². The number of aryl methyl sites for hydroxylation is 2. The van der Waals surface area contributed by atoms with Crippen molar-refractivity contribution in [1.82, 2.24) is 9.78 Å². The van der Waals surface area contributed by atoms with Gasteiger partial charge in [0.15, 0.2) is 0 Å². The van der Waals surface area contributed by atoms with Gasteiger partial charge in [-0.05, 0) is 37.6 Å². The molecule has 0 bridgehead atoms. The SMILES string of the molecule is Cc1ccc(-n2cc(N)c(-c3ccc(Br)cc3)n2)c(C)c1. The maximum absolute atomic E-state index is 6.13. The first kappa shape index (κ1) is 13.9. The minimum Gasteiger partial charge on any atom is -0.396 e. The van der Waals surface area contributed by atoms with Gasteiger partial charge in [0.1, 0.15) is 5.69 Å². The Morgan fingerprint density at radius 3 is 2.43 bits per heavy atom. The Labute approximate surface area is 132 Å². The number of anilines is 1. The molecule has 0 atom stereocenters. The molecule has 0 unspecified atom stereocenters. The number of benzene rings is 2. The molecule has 0 radical (unpaired) electrons. The second kappa shape index (κ2) is 5.37. The zero-order valence-corrected chi connectivity index (χ0v) is 13.6. The summed E-state index contributed by atoms with van der Waals surface area (Å²) in [6.07, 6.45) is 1.87. The van der Waals surface area contributed by atoms with Crippen LogP contribution in [0.15, 0.2) is 53.1 Å². The van der Waals surface area contributed by atoms with E-state index < -0.39 is 0 Å².